The molecule has 0 spiro atoms. The number of nitrogens with one attached hydrogen (secondary N) is 1. The molecule has 0 radical (unpaired) electrons. The molecular weight excluding hydrogens is 299 g/mol. The van der Waals surface area contributed by atoms with E-state index >= 15 is 0 Å². The van der Waals surface area contributed by atoms with Gasteiger partial charge in [-0.1, -0.05) is 12.1 Å². The van der Waals surface area contributed by atoms with Crippen LogP contribution < -0.4 is 10.1 Å². The fraction of sp³-hybridized carbons (Fsp3) is 0.588. The maximum Gasteiger partial charge on any atom is 0.317 e. The molecule has 1 fully saturated rings. The van der Waals surface area contributed by atoms with Crippen LogP contribution >= 0.6 is 0 Å². The van der Waals surface area contributed by atoms with Crippen molar-refractivity contribution in [2.75, 3.05) is 26.3 Å². The molecule has 0 aliphatic carbocycles. The molecule has 3 rings (SSSR count). The smallest absolute Gasteiger partial charge is 0.317 e. The number of nitrogens with zero attached hydrogens (tertiary/aromatic N) is 1. The molecule has 6 heteroatoms. The lowest BCUT2D eigenvalue weighted by Gasteiger charge is -2.33. The van der Waals surface area contributed by atoms with Crippen LogP contribution in [0.4, 0.5) is 9.18 Å². The van der Waals surface area contributed by atoms with Crippen molar-refractivity contribution in [3.63, 3.8) is 0 Å². The molecule has 2 atom stereocenters. The van der Waals surface area contributed by atoms with Crippen LogP contribution in [0, 0.1) is 11.7 Å². The van der Waals surface area contributed by atoms with Crippen molar-refractivity contribution >= 4 is 6.03 Å². The molecule has 1 aromatic rings. The SMILES string of the molecule is O=C(NC1CCCOc2c(F)cccc21)N1CCCC(CO)C1. The molecule has 2 aliphatic heterocycles. The average molecular weight is 322 g/mol. The minimum absolute atomic E-state index is 0.106. The van der Waals surface area contributed by atoms with E-state index in [4.69, 9.17) is 4.74 Å². The second-order valence-corrected chi connectivity index (χ2v) is 6.29. The molecule has 23 heavy (non-hydrogen) atoms. The number of urea groups is 1. The number of rotatable bonds is 2. The number of aliphatic hydroxyl groups is 1. The van der Waals surface area contributed by atoms with Gasteiger partial charge in [-0.15, -0.1) is 0 Å². The van der Waals surface area contributed by atoms with Gasteiger partial charge in [-0.2, -0.15) is 0 Å². The lowest BCUT2D eigenvalue weighted by Crippen LogP contribution is -2.47. The summed E-state index contributed by atoms with van der Waals surface area (Å²) in [6, 6.07) is 4.43. The minimum Gasteiger partial charge on any atom is -0.490 e. The van der Waals surface area contributed by atoms with Gasteiger partial charge in [-0.25, -0.2) is 9.18 Å². The van der Waals surface area contributed by atoms with E-state index in [0.717, 1.165) is 25.7 Å². The predicted octanol–water partition coefficient (Wildman–Crippen LogP) is 2.45. The maximum absolute atomic E-state index is 13.9. The second-order valence-electron chi connectivity index (χ2n) is 6.29. The monoisotopic (exact) mass is 322 g/mol. The number of piperidine rings is 1. The number of carbonyl (C=O) groups is 1. The predicted molar refractivity (Wildman–Crippen MR) is 83.8 cm³/mol. The number of carbonyl (C=O) groups excluding carboxylic acids is 1. The molecule has 2 aliphatic rings. The topological polar surface area (TPSA) is 61.8 Å². The van der Waals surface area contributed by atoms with Crippen molar-refractivity contribution in [2.24, 2.45) is 5.92 Å². The highest BCUT2D eigenvalue weighted by molar-refractivity contribution is 5.75. The highest BCUT2D eigenvalue weighted by Gasteiger charge is 2.28. The summed E-state index contributed by atoms with van der Waals surface area (Å²) in [6.45, 7) is 1.83. The Morgan fingerprint density at radius 1 is 1.39 bits per heavy atom. The second kappa shape index (κ2) is 7.17. The molecular formula is C17H23FN2O3. The maximum atomic E-state index is 13.9. The molecule has 2 amide bonds. The van der Waals surface area contributed by atoms with Crippen LogP contribution in [0.25, 0.3) is 0 Å². The molecule has 1 saturated heterocycles. The van der Waals surface area contributed by atoms with Crippen LogP contribution in [0.15, 0.2) is 18.2 Å². The number of halogens is 1. The van der Waals surface area contributed by atoms with E-state index in [1.807, 2.05) is 0 Å². The zero-order chi connectivity index (χ0) is 16.2. The highest BCUT2D eigenvalue weighted by atomic mass is 19.1. The summed E-state index contributed by atoms with van der Waals surface area (Å²) in [5.41, 5.74) is 0.701. The Morgan fingerprint density at radius 3 is 3.09 bits per heavy atom. The lowest BCUT2D eigenvalue weighted by molar-refractivity contribution is 0.127. The molecule has 2 unspecified atom stereocenters. The summed E-state index contributed by atoms with van der Waals surface area (Å²) >= 11 is 0. The summed E-state index contributed by atoms with van der Waals surface area (Å²) in [7, 11) is 0. The van der Waals surface area contributed by atoms with Crippen molar-refractivity contribution in [1.82, 2.24) is 10.2 Å². The molecule has 0 bridgehead atoms. The van der Waals surface area contributed by atoms with E-state index in [9.17, 15) is 14.3 Å². The van der Waals surface area contributed by atoms with Crippen molar-refractivity contribution < 1.29 is 19.0 Å². The Kier molecular flexibility index (Phi) is 5.00. The van der Waals surface area contributed by atoms with Crippen molar-refractivity contribution in [1.29, 1.82) is 0 Å². The van der Waals surface area contributed by atoms with Crippen LogP contribution in [-0.2, 0) is 0 Å². The Hall–Kier alpha value is -1.82. The highest BCUT2D eigenvalue weighted by Crippen LogP contribution is 2.33. The van der Waals surface area contributed by atoms with E-state index < -0.39 is 0 Å². The molecule has 5 nitrogen and oxygen atoms in total. The van der Waals surface area contributed by atoms with E-state index in [0.29, 0.717) is 25.3 Å². The van der Waals surface area contributed by atoms with Gasteiger partial charge in [0.05, 0.1) is 12.6 Å². The Bertz CT molecular complexity index is 567. The number of fused-ring (bicyclic) bond motifs is 1. The van der Waals surface area contributed by atoms with E-state index in [1.54, 1.807) is 17.0 Å². The van der Waals surface area contributed by atoms with Gasteiger partial charge in [0.25, 0.3) is 0 Å². The summed E-state index contributed by atoms with van der Waals surface area (Å²) < 4.78 is 19.4. The number of likely N-dealkylation sites (tertiary alicyclic amines) is 1. The lowest BCUT2D eigenvalue weighted by atomic mass is 9.99. The van der Waals surface area contributed by atoms with Crippen LogP contribution in [0.2, 0.25) is 0 Å². The van der Waals surface area contributed by atoms with Crippen LogP contribution in [0.5, 0.6) is 5.75 Å². The number of ether oxygens (including phenoxy) is 1. The summed E-state index contributed by atoms with van der Waals surface area (Å²) in [4.78, 5) is 14.3. The van der Waals surface area contributed by atoms with Gasteiger partial charge >= 0.3 is 6.03 Å². The first-order valence-corrected chi connectivity index (χ1v) is 8.26. The minimum atomic E-state index is -0.387. The average Bonchev–Trinajstić information content (AvgIpc) is 2.78. The number of hydrogen-bond acceptors (Lipinski definition) is 3. The quantitative estimate of drug-likeness (QED) is 0.879. The molecule has 0 saturated carbocycles. The van der Waals surface area contributed by atoms with Gasteiger partial charge in [0, 0.05) is 25.3 Å². The van der Waals surface area contributed by atoms with E-state index in [1.165, 1.54) is 6.07 Å². The number of amides is 2. The molecule has 2 heterocycles. The largest absolute Gasteiger partial charge is 0.490 e. The van der Waals surface area contributed by atoms with Gasteiger partial charge in [0.1, 0.15) is 0 Å². The summed E-state index contributed by atoms with van der Waals surface area (Å²) in [6.07, 6.45) is 3.33. The van der Waals surface area contributed by atoms with E-state index in [-0.39, 0.29) is 36.2 Å². The third kappa shape index (κ3) is 3.58. The third-order valence-corrected chi connectivity index (χ3v) is 4.62. The van der Waals surface area contributed by atoms with Gasteiger partial charge < -0.3 is 20.1 Å². The summed E-state index contributed by atoms with van der Waals surface area (Å²) in [5.74, 6) is 0.0147. The number of para-hydroxylation sites is 1. The van der Waals surface area contributed by atoms with Crippen LogP contribution in [-0.4, -0.2) is 42.3 Å². The van der Waals surface area contributed by atoms with Crippen molar-refractivity contribution in [3.05, 3.63) is 29.6 Å². The molecule has 2 N–H and O–H groups in total. The van der Waals surface area contributed by atoms with Crippen molar-refractivity contribution in [3.8, 4) is 5.75 Å². The molecule has 1 aromatic carbocycles. The number of benzene rings is 1. The van der Waals surface area contributed by atoms with Gasteiger partial charge in [0.2, 0.25) is 0 Å². The van der Waals surface area contributed by atoms with Crippen molar-refractivity contribution in [2.45, 2.75) is 31.7 Å². The summed E-state index contributed by atoms with van der Waals surface area (Å²) in [5, 5.41) is 12.3. The first-order chi connectivity index (χ1) is 11.2. The normalized spacial score (nSPS) is 24.3. The number of hydrogen-bond donors (Lipinski definition) is 2. The molecule has 0 aromatic heterocycles. The Labute approximate surface area is 135 Å². The van der Waals surface area contributed by atoms with Gasteiger partial charge in [-0.05, 0) is 37.7 Å². The van der Waals surface area contributed by atoms with Crippen LogP contribution in [0.1, 0.15) is 37.3 Å². The Balaban J connectivity index is 1.72. The first-order valence-electron chi connectivity index (χ1n) is 8.26. The third-order valence-electron chi connectivity index (χ3n) is 4.62. The zero-order valence-electron chi connectivity index (χ0n) is 13.1. The number of aliphatic hydroxyl groups excluding tert-OH is 1. The van der Waals surface area contributed by atoms with Gasteiger partial charge in [0.15, 0.2) is 11.6 Å². The first kappa shape index (κ1) is 16.1. The van der Waals surface area contributed by atoms with Gasteiger partial charge in [-0.3, -0.25) is 0 Å². The fourth-order valence-electron chi connectivity index (χ4n) is 3.36. The fourth-order valence-corrected chi connectivity index (χ4v) is 3.36. The van der Waals surface area contributed by atoms with E-state index in [2.05, 4.69) is 5.32 Å². The zero-order valence-corrected chi connectivity index (χ0v) is 13.1. The molecule has 126 valence electrons. The van der Waals surface area contributed by atoms with Crippen LogP contribution in [0.3, 0.4) is 0 Å². The standard InChI is InChI=1S/C17H23FN2O3/c18-14-6-1-5-13-15(7-3-9-23-16(13)14)19-17(22)20-8-2-4-12(10-20)11-21/h1,5-6,12,15,21H,2-4,7-11H2,(H,19,22). The Morgan fingerprint density at radius 2 is 2.26 bits per heavy atom.